The fourth-order valence-corrected chi connectivity index (χ4v) is 4.07. The molecule has 0 bridgehead atoms. The van der Waals surface area contributed by atoms with Crippen molar-refractivity contribution in [3.05, 3.63) is 0 Å². The average Bonchev–Trinajstić information content (AvgIpc) is 2.24. The maximum absolute atomic E-state index is 6.10. The van der Waals surface area contributed by atoms with Crippen LogP contribution in [0.2, 0.25) is 0 Å². The second kappa shape index (κ2) is 5.25. The summed E-state index contributed by atoms with van der Waals surface area (Å²) in [5.74, 6) is 0.852. The molecule has 0 spiro atoms. The monoisotopic (exact) mass is 239 g/mol. The summed E-state index contributed by atoms with van der Waals surface area (Å²) in [5.41, 5.74) is 6.54. The molecule has 1 unspecified atom stereocenters. The van der Waals surface area contributed by atoms with Gasteiger partial charge in [0.25, 0.3) is 0 Å². The molecular weight excluding hydrogens is 210 g/mol. The van der Waals surface area contributed by atoms with Crippen molar-refractivity contribution >= 4 is 0 Å². The molecule has 2 fully saturated rings. The Morgan fingerprint density at radius 2 is 1.88 bits per heavy atom. The number of nitrogens with two attached hydrogens (primary N) is 1. The van der Waals surface area contributed by atoms with E-state index in [4.69, 9.17) is 5.73 Å². The lowest BCUT2D eigenvalue weighted by Gasteiger charge is -2.54. The van der Waals surface area contributed by atoms with E-state index < -0.39 is 0 Å². The zero-order valence-corrected chi connectivity index (χ0v) is 11.8. The van der Waals surface area contributed by atoms with E-state index in [9.17, 15) is 0 Å². The van der Waals surface area contributed by atoms with Crippen LogP contribution in [0.5, 0.6) is 0 Å². The molecule has 2 aliphatic rings. The molecule has 1 saturated carbocycles. The highest BCUT2D eigenvalue weighted by molar-refractivity contribution is 5.01. The van der Waals surface area contributed by atoms with Crippen LogP contribution < -0.4 is 5.73 Å². The SMILES string of the molecule is CN1CCC(C(N(C)C)C2(CN)CCC2)CC1. The maximum atomic E-state index is 6.10. The summed E-state index contributed by atoms with van der Waals surface area (Å²) < 4.78 is 0. The quantitative estimate of drug-likeness (QED) is 0.804. The number of nitrogens with zero attached hydrogens (tertiary/aromatic N) is 2. The fourth-order valence-electron chi connectivity index (χ4n) is 4.07. The maximum Gasteiger partial charge on any atom is 0.0187 e. The van der Waals surface area contributed by atoms with Crippen LogP contribution in [-0.4, -0.2) is 56.6 Å². The van der Waals surface area contributed by atoms with Gasteiger partial charge in [-0.25, -0.2) is 0 Å². The predicted molar refractivity (Wildman–Crippen MR) is 73.0 cm³/mol. The minimum Gasteiger partial charge on any atom is -0.330 e. The molecule has 1 atom stereocenters. The molecule has 2 N–H and O–H groups in total. The molecule has 0 radical (unpaired) electrons. The van der Waals surface area contributed by atoms with Crippen molar-refractivity contribution in [2.75, 3.05) is 40.8 Å². The van der Waals surface area contributed by atoms with Gasteiger partial charge < -0.3 is 15.5 Å². The van der Waals surface area contributed by atoms with Gasteiger partial charge in [0.1, 0.15) is 0 Å². The summed E-state index contributed by atoms with van der Waals surface area (Å²) in [6.45, 7) is 3.40. The van der Waals surface area contributed by atoms with Crippen LogP contribution in [0, 0.1) is 11.3 Å². The molecule has 3 heteroatoms. The first-order chi connectivity index (χ1) is 8.09. The highest BCUT2D eigenvalue weighted by Crippen LogP contribution is 2.48. The number of hydrogen-bond donors (Lipinski definition) is 1. The van der Waals surface area contributed by atoms with Crippen molar-refractivity contribution < 1.29 is 0 Å². The van der Waals surface area contributed by atoms with Gasteiger partial charge in [0.15, 0.2) is 0 Å². The van der Waals surface area contributed by atoms with Crippen molar-refractivity contribution in [1.29, 1.82) is 0 Å². The van der Waals surface area contributed by atoms with E-state index in [1.54, 1.807) is 0 Å². The van der Waals surface area contributed by atoms with E-state index in [0.29, 0.717) is 11.5 Å². The Morgan fingerprint density at radius 1 is 1.29 bits per heavy atom. The molecule has 1 aliphatic heterocycles. The molecule has 100 valence electrons. The molecule has 3 nitrogen and oxygen atoms in total. The third kappa shape index (κ3) is 2.51. The van der Waals surface area contributed by atoms with E-state index >= 15 is 0 Å². The van der Waals surface area contributed by atoms with Crippen molar-refractivity contribution in [2.24, 2.45) is 17.1 Å². The Hall–Kier alpha value is -0.120. The molecule has 2 rings (SSSR count). The van der Waals surface area contributed by atoms with Crippen molar-refractivity contribution in [2.45, 2.75) is 38.1 Å². The third-order valence-corrected chi connectivity index (χ3v) is 5.15. The van der Waals surface area contributed by atoms with E-state index in [0.717, 1.165) is 12.5 Å². The van der Waals surface area contributed by atoms with E-state index in [1.807, 2.05) is 0 Å². The topological polar surface area (TPSA) is 32.5 Å². The zero-order valence-electron chi connectivity index (χ0n) is 11.8. The lowest BCUT2D eigenvalue weighted by molar-refractivity contribution is -0.0210. The normalized spacial score (nSPS) is 28.1. The van der Waals surface area contributed by atoms with Gasteiger partial charge >= 0.3 is 0 Å². The highest BCUT2D eigenvalue weighted by Gasteiger charge is 2.47. The van der Waals surface area contributed by atoms with Gasteiger partial charge in [0, 0.05) is 6.04 Å². The number of piperidine rings is 1. The van der Waals surface area contributed by atoms with Gasteiger partial charge in [-0.2, -0.15) is 0 Å². The van der Waals surface area contributed by atoms with E-state index in [2.05, 4.69) is 30.9 Å². The molecule has 0 amide bonds. The molecule has 17 heavy (non-hydrogen) atoms. The molecule has 1 saturated heterocycles. The van der Waals surface area contributed by atoms with Gasteiger partial charge in [-0.15, -0.1) is 0 Å². The molecule has 1 aliphatic carbocycles. The zero-order chi connectivity index (χ0) is 12.5. The minimum atomic E-state index is 0.435. The first-order valence-electron chi connectivity index (χ1n) is 7.14. The van der Waals surface area contributed by atoms with Crippen LogP contribution in [0.3, 0.4) is 0 Å². The van der Waals surface area contributed by atoms with Crippen LogP contribution in [0.25, 0.3) is 0 Å². The third-order valence-electron chi connectivity index (χ3n) is 5.15. The minimum absolute atomic E-state index is 0.435. The first kappa shape index (κ1) is 13.3. The van der Waals surface area contributed by atoms with Crippen molar-refractivity contribution in [3.8, 4) is 0 Å². The molecule has 0 aromatic rings. The molecule has 0 aromatic carbocycles. The number of likely N-dealkylation sites (tertiary alicyclic amines) is 1. The number of rotatable bonds is 4. The Balaban J connectivity index is 2.06. The van der Waals surface area contributed by atoms with Crippen LogP contribution in [-0.2, 0) is 0 Å². The highest BCUT2D eigenvalue weighted by atomic mass is 15.1. The van der Waals surface area contributed by atoms with Gasteiger partial charge in [0.05, 0.1) is 0 Å². The van der Waals surface area contributed by atoms with E-state index in [1.165, 1.54) is 45.2 Å². The van der Waals surface area contributed by atoms with Gasteiger partial charge in [0.2, 0.25) is 0 Å². The largest absolute Gasteiger partial charge is 0.330 e. The van der Waals surface area contributed by atoms with Gasteiger partial charge in [-0.1, -0.05) is 6.42 Å². The molecule has 0 aromatic heterocycles. The first-order valence-corrected chi connectivity index (χ1v) is 7.14. The summed E-state index contributed by atoms with van der Waals surface area (Å²) >= 11 is 0. The van der Waals surface area contributed by atoms with Crippen LogP contribution in [0.15, 0.2) is 0 Å². The van der Waals surface area contributed by atoms with Crippen LogP contribution >= 0.6 is 0 Å². The van der Waals surface area contributed by atoms with E-state index in [-0.39, 0.29) is 0 Å². The summed E-state index contributed by atoms with van der Waals surface area (Å²) in [5, 5.41) is 0. The van der Waals surface area contributed by atoms with Crippen LogP contribution in [0.1, 0.15) is 32.1 Å². The average molecular weight is 239 g/mol. The second-order valence-corrected chi connectivity index (χ2v) is 6.47. The van der Waals surface area contributed by atoms with Gasteiger partial charge in [-0.3, -0.25) is 0 Å². The van der Waals surface area contributed by atoms with Crippen molar-refractivity contribution in [3.63, 3.8) is 0 Å². The Kier molecular flexibility index (Phi) is 4.11. The lowest BCUT2D eigenvalue weighted by atomic mass is 9.59. The molecular formula is C14H29N3. The predicted octanol–water partition coefficient (Wildman–Crippen LogP) is 1.39. The Bertz CT molecular complexity index is 234. The lowest BCUT2D eigenvalue weighted by Crippen LogP contribution is -2.57. The summed E-state index contributed by atoms with van der Waals surface area (Å²) in [4.78, 5) is 4.92. The Morgan fingerprint density at radius 3 is 2.24 bits per heavy atom. The van der Waals surface area contributed by atoms with Crippen LogP contribution in [0.4, 0.5) is 0 Å². The van der Waals surface area contributed by atoms with Crippen molar-refractivity contribution in [1.82, 2.24) is 9.80 Å². The summed E-state index contributed by atoms with van der Waals surface area (Å²) in [6.07, 6.45) is 6.77. The smallest absolute Gasteiger partial charge is 0.0187 e. The second-order valence-electron chi connectivity index (χ2n) is 6.47. The van der Waals surface area contributed by atoms with Gasteiger partial charge in [-0.05, 0) is 77.8 Å². The Labute approximate surface area is 106 Å². The number of hydrogen-bond acceptors (Lipinski definition) is 3. The molecule has 1 heterocycles. The fraction of sp³-hybridized carbons (Fsp3) is 1.00. The summed E-state index contributed by atoms with van der Waals surface area (Å²) in [7, 11) is 6.74. The standard InChI is InChI=1S/C14H29N3/c1-16(2)13(14(11-15)7-4-8-14)12-5-9-17(3)10-6-12/h12-13H,4-11,15H2,1-3H3. The summed E-state index contributed by atoms with van der Waals surface area (Å²) in [6, 6.07) is 0.704.